The lowest BCUT2D eigenvalue weighted by atomic mass is 10.1. The van der Waals surface area contributed by atoms with E-state index in [4.69, 9.17) is 32.8 Å². The molecule has 3 aromatic carbocycles. The van der Waals surface area contributed by atoms with Crippen LogP contribution in [0.15, 0.2) is 60.7 Å². The highest BCUT2D eigenvalue weighted by molar-refractivity contribution is 6.40. The smallest absolute Gasteiger partial charge is 0.360 e. The van der Waals surface area contributed by atoms with E-state index in [9.17, 15) is 24.9 Å². The molecule has 0 radical (unpaired) electrons. The van der Waals surface area contributed by atoms with E-state index in [1.54, 1.807) is 36.4 Å². The number of benzene rings is 3. The number of unbranched alkanes of at least 4 members (excludes halogenated alkanes) is 4. The number of aryl methyl sites for hydroxylation is 1. The van der Waals surface area contributed by atoms with Crippen molar-refractivity contribution in [2.24, 2.45) is 0 Å². The van der Waals surface area contributed by atoms with Crippen LogP contribution < -0.4 is 15.7 Å². The second kappa shape index (κ2) is 20.0. The highest BCUT2D eigenvalue weighted by Gasteiger charge is 2.25. The summed E-state index contributed by atoms with van der Waals surface area (Å²) in [7, 11) is 0. The normalized spacial score (nSPS) is 11.7. The quantitative estimate of drug-likeness (QED) is 0.0722. The molecule has 0 saturated heterocycles. The first-order chi connectivity index (χ1) is 22.2. The van der Waals surface area contributed by atoms with Crippen molar-refractivity contribution in [1.29, 1.82) is 0 Å². The fourth-order valence-corrected chi connectivity index (χ4v) is 5.27. The minimum Gasteiger partial charge on any atom is -0.508 e. The number of aliphatic hydroxyl groups excluding tert-OH is 2. The third kappa shape index (κ3) is 12.4. The van der Waals surface area contributed by atoms with Gasteiger partial charge in [0.15, 0.2) is 0 Å². The zero-order valence-electron chi connectivity index (χ0n) is 26.0. The Bertz CT molecular complexity index is 1390. The summed E-state index contributed by atoms with van der Waals surface area (Å²) in [5, 5.41) is 36.3. The van der Waals surface area contributed by atoms with Crippen LogP contribution >= 0.6 is 23.2 Å². The van der Waals surface area contributed by atoms with Gasteiger partial charge in [-0.2, -0.15) is 0 Å². The standard InChI is InChI=1S/C34H43Cl2N3O7/c1-24(41)46-39(33-29(35)13-9-14-30(33)36)34(44)38-28-12-8-11-25(20-28)10-4-7-19-45-18-6-3-2-5-17-37-22-32(43)26-15-16-31(42)27(21-26)23-40/h8-9,11-16,20-21,32,37,40,42-43H,2-7,10,17-19,22-23H2,1H3,(H,38,44)/t32-/m1/s1. The average Bonchev–Trinajstić information content (AvgIpc) is 3.02. The molecule has 0 aliphatic carbocycles. The molecule has 0 aromatic heterocycles. The lowest BCUT2D eigenvalue weighted by molar-refractivity contribution is -0.141. The van der Waals surface area contributed by atoms with Gasteiger partial charge in [0, 0.05) is 37.9 Å². The third-order valence-electron chi connectivity index (χ3n) is 7.12. The number of para-hydroxylation sites is 1. The molecule has 0 aliphatic heterocycles. The molecule has 10 nitrogen and oxygen atoms in total. The van der Waals surface area contributed by atoms with E-state index in [0.717, 1.165) is 68.7 Å². The largest absolute Gasteiger partial charge is 0.508 e. The number of carbonyl (C=O) groups is 2. The second-order valence-electron chi connectivity index (χ2n) is 10.8. The van der Waals surface area contributed by atoms with Crippen molar-refractivity contribution >= 4 is 46.6 Å². The summed E-state index contributed by atoms with van der Waals surface area (Å²) in [6, 6.07) is 16.2. The molecule has 46 heavy (non-hydrogen) atoms. The molecule has 0 spiro atoms. The number of aromatic hydroxyl groups is 1. The Morgan fingerprint density at radius 1 is 0.913 bits per heavy atom. The van der Waals surface area contributed by atoms with Gasteiger partial charge in [-0.1, -0.05) is 60.3 Å². The number of carbonyl (C=O) groups excluding carboxylic acids is 2. The number of phenols is 1. The highest BCUT2D eigenvalue weighted by Crippen LogP contribution is 2.34. The van der Waals surface area contributed by atoms with Crippen LogP contribution in [0.4, 0.5) is 16.2 Å². The second-order valence-corrected chi connectivity index (χ2v) is 11.6. The first-order valence-corrected chi connectivity index (χ1v) is 16.2. The van der Waals surface area contributed by atoms with Crippen molar-refractivity contribution in [3.8, 4) is 5.75 Å². The molecule has 0 bridgehead atoms. The number of halogens is 2. The number of anilines is 2. The molecule has 5 N–H and O–H groups in total. The van der Waals surface area contributed by atoms with Crippen LogP contribution in [0, 0.1) is 0 Å². The van der Waals surface area contributed by atoms with Gasteiger partial charge in [0.2, 0.25) is 0 Å². The SMILES string of the molecule is CC(=O)ON(C(=O)Nc1cccc(CCCCOCCCCCCNC[C@@H](O)c2ccc(O)c(CO)c2)c1)c1c(Cl)cccc1Cl. The molecular weight excluding hydrogens is 633 g/mol. The first-order valence-electron chi connectivity index (χ1n) is 15.4. The number of amides is 2. The number of nitrogens with zero attached hydrogens (tertiary/aromatic N) is 1. The maximum Gasteiger partial charge on any atom is 0.360 e. The van der Waals surface area contributed by atoms with Crippen LogP contribution in [0.2, 0.25) is 10.0 Å². The minimum absolute atomic E-state index is 0.0238. The van der Waals surface area contributed by atoms with Crippen LogP contribution in [0.3, 0.4) is 0 Å². The van der Waals surface area contributed by atoms with E-state index >= 15 is 0 Å². The number of hydrogen-bond acceptors (Lipinski definition) is 8. The lowest BCUT2D eigenvalue weighted by Gasteiger charge is -2.22. The monoisotopic (exact) mass is 675 g/mol. The number of hydroxylamine groups is 1. The van der Waals surface area contributed by atoms with Gasteiger partial charge < -0.3 is 35.5 Å². The van der Waals surface area contributed by atoms with Crippen molar-refractivity contribution in [3.05, 3.63) is 87.4 Å². The van der Waals surface area contributed by atoms with E-state index in [0.29, 0.717) is 30.0 Å². The van der Waals surface area contributed by atoms with Crippen LogP contribution in [0.5, 0.6) is 5.75 Å². The van der Waals surface area contributed by atoms with Gasteiger partial charge in [-0.3, -0.25) is 0 Å². The maximum atomic E-state index is 13.0. The molecule has 0 heterocycles. The molecule has 3 rings (SSSR count). The summed E-state index contributed by atoms with van der Waals surface area (Å²) in [4.78, 5) is 29.8. The molecule has 0 unspecified atom stereocenters. The molecule has 3 aromatic rings. The Morgan fingerprint density at radius 3 is 2.33 bits per heavy atom. The fraction of sp³-hybridized carbons (Fsp3) is 0.412. The maximum absolute atomic E-state index is 13.0. The van der Waals surface area contributed by atoms with Crippen molar-refractivity contribution in [1.82, 2.24) is 5.32 Å². The Morgan fingerprint density at radius 2 is 1.61 bits per heavy atom. The van der Waals surface area contributed by atoms with Crippen molar-refractivity contribution < 1.29 is 34.5 Å². The van der Waals surface area contributed by atoms with Gasteiger partial charge in [-0.15, -0.1) is 5.06 Å². The van der Waals surface area contributed by atoms with Crippen molar-refractivity contribution in [2.45, 2.75) is 64.6 Å². The number of rotatable bonds is 18. The third-order valence-corrected chi connectivity index (χ3v) is 7.73. The molecule has 0 aliphatic rings. The van der Waals surface area contributed by atoms with Gasteiger partial charge >= 0.3 is 12.0 Å². The van der Waals surface area contributed by atoms with Gasteiger partial charge in [0.1, 0.15) is 11.4 Å². The zero-order valence-corrected chi connectivity index (χ0v) is 27.5. The Balaban J connectivity index is 1.26. The van der Waals surface area contributed by atoms with E-state index < -0.39 is 18.1 Å². The predicted octanol–water partition coefficient (Wildman–Crippen LogP) is 6.93. The summed E-state index contributed by atoms with van der Waals surface area (Å²) in [6.07, 6.45) is 6.08. The average molecular weight is 677 g/mol. The molecule has 0 fully saturated rings. The predicted molar refractivity (Wildman–Crippen MR) is 180 cm³/mol. The molecule has 1 atom stereocenters. The van der Waals surface area contributed by atoms with Crippen LogP contribution in [0.25, 0.3) is 0 Å². The van der Waals surface area contributed by atoms with E-state index in [1.165, 1.54) is 13.0 Å². The Labute approximate surface area is 280 Å². The van der Waals surface area contributed by atoms with E-state index in [-0.39, 0.29) is 28.1 Å². The number of aliphatic hydroxyl groups is 2. The minimum atomic E-state index is -0.714. The van der Waals surface area contributed by atoms with Crippen LogP contribution in [-0.4, -0.2) is 53.6 Å². The van der Waals surface area contributed by atoms with Gasteiger partial charge in [0.25, 0.3) is 0 Å². The molecular formula is C34H43Cl2N3O7. The molecule has 12 heteroatoms. The van der Waals surface area contributed by atoms with Crippen molar-refractivity contribution in [2.75, 3.05) is 36.7 Å². The summed E-state index contributed by atoms with van der Waals surface area (Å²) in [5.41, 5.74) is 2.73. The topological polar surface area (TPSA) is 141 Å². The van der Waals surface area contributed by atoms with Crippen molar-refractivity contribution in [3.63, 3.8) is 0 Å². The summed E-state index contributed by atoms with van der Waals surface area (Å²) in [6.45, 7) is 3.52. The van der Waals surface area contributed by atoms with Gasteiger partial charge in [0.05, 0.1) is 22.8 Å². The van der Waals surface area contributed by atoms with Gasteiger partial charge in [-0.25, -0.2) is 9.59 Å². The molecule has 250 valence electrons. The molecule has 0 saturated carbocycles. The Hall–Kier alpha value is -3.38. The number of nitrogens with one attached hydrogen (secondary N) is 2. The number of urea groups is 1. The summed E-state index contributed by atoms with van der Waals surface area (Å²) < 4.78 is 5.79. The number of ether oxygens (including phenoxy) is 1. The first kappa shape index (κ1) is 37.1. The van der Waals surface area contributed by atoms with Crippen LogP contribution in [-0.2, 0) is 27.4 Å². The molecule has 2 amide bonds. The number of hydrogen-bond donors (Lipinski definition) is 5. The summed E-state index contributed by atoms with van der Waals surface area (Å²) in [5.74, 6) is -0.676. The fourth-order valence-electron chi connectivity index (χ4n) is 4.72. The Kier molecular flexibility index (Phi) is 16.1. The van der Waals surface area contributed by atoms with Gasteiger partial charge in [-0.05, 0) is 86.2 Å². The van der Waals surface area contributed by atoms with E-state index in [2.05, 4.69) is 10.6 Å². The van der Waals surface area contributed by atoms with E-state index in [1.807, 2.05) is 18.2 Å². The lowest BCUT2D eigenvalue weighted by Crippen LogP contribution is -2.37. The van der Waals surface area contributed by atoms with Crippen LogP contribution in [0.1, 0.15) is 68.2 Å². The highest BCUT2D eigenvalue weighted by atomic mass is 35.5. The zero-order chi connectivity index (χ0) is 33.3. The summed E-state index contributed by atoms with van der Waals surface area (Å²) >= 11 is 12.5.